The van der Waals surface area contributed by atoms with Gasteiger partial charge in [-0.15, -0.1) is 0 Å². The highest BCUT2D eigenvalue weighted by molar-refractivity contribution is 7.99. The number of sulfonamides is 1. The molecule has 4 rings (SSSR count). The molecule has 0 aliphatic carbocycles. The van der Waals surface area contributed by atoms with Crippen molar-refractivity contribution in [3.63, 3.8) is 0 Å². The minimum absolute atomic E-state index is 0.260. The molecule has 0 aliphatic heterocycles. The smallest absolute Gasteiger partial charge is 0.240 e. The highest BCUT2D eigenvalue weighted by Crippen LogP contribution is 2.37. The molecule has 0 radical (unpaired) electrons. The molecule has 0 amide bonds. The maximum absolute atomic E-state index is 12.6. The predicted molar refractivity (Wildman–Crippen MR) is 149 cm³/mol. The largest absolute Gasteiger partial charge is 0.497 e. The van der Waals surface area contributed by atoms with Gasteiger partial charge >= 0.3 is 0 Å². The average molecular weight is 538 g/mol. The van der Waals surface area contributed by atoms with Crippen LogP contribution < -0.4 is 14.2 Å². The molecule has 1 N–H and O–H groups in total. The van der Waals surface area contributed by atoms with E-state index in [1.165, 1.54) is 11.8 Å². The van der Waals surface area contributed by atoms with Crippen LogP contribution in [0.1, 0.15) is 13.3 Å². The van der Waals surface area contributed by atoms with Crippen LogP contribution in [0.15, 0.2) is 88.9 Å². The molecule has 1 aromatic heterocycles. The van der Waals surface area contributed by atoms with E-state index in [-0.39, 0.29) is 11.4 Å². The first kappa shape index (κ1) is 26.8. The van der Waals surface area contributed by atoms with E-state index >= 15 is 0 Å². The summed E-state index contributed by atoms with van der Waals surface area (Å²) in [5.41, 5.74) is 3.90. The topological polar surface area (TPSA) is 82.5 Å². The molecule has 7 nitrogen and oxygen atoms in total. The molecule has 0 saturated carbocycles. The zero-order valence-electron chi connectivity index (χ0n) is 21.2. The van der Waals surface area contributed by atoms with Gasteiger partial charge in [0.2, 0.25) is 10.0 Å². The summed E-state index contributed by atoms with van der Waals surface area (Å²) in [6.07, 6.45) is 0.926. The van der Waals surface area contributed by atoms with Gasteiger partial charge in [-0.1, -0.05) is 36.9 Å². The van der Waals surface area contributed by atoms with E-state index in [2.05, 4.69) is 16.2 Å². The van der Waals surface area contributed by atoms with Crippen molar-refractivity contribution in [3.8, 4) is 34.0 Å². The van der Waals surface area contributed by atoms with Crippen molar-refractivity contribution < 1.29 is 17.9 Å². The number of thioether (sulfide) groups is 1. The molecule has 37 heavy (non-hydrogen) atoms. The summed E-state index contributed by atoms with van der Waals surface area (Å²) < 4.78 is 40.8. The summed E-state index contributed by atoms with van der Waals surface area (Å²) in [5, 5.41) is 0.845. The van der Waals surface area contributed by atoms with E-state index in [0.717, 1.165) is 52.1 Å². The lowest BCUT2D eigenvalue weighted by Gasteiger charge is -2.13. The predicted octanol–water partition coefficient (Wildman–Crippen LogP) is 5.71. The Labute approximate surface area is 222 Å². The van der Waals surface area contributed by atoms with Crippen molar-refractivity contribution in [2.75, 3.05) is 26.5 Å². The number of benzene rings is 3. The molecule has 0 bridgehead atoms. The summed E-state index contributed by atoms with van der Waals surface area (Å²) in [7, 11) is -0.251. The van der Waals surface area contributed by atoms with E-state index in [4.69, 9.17) is 14.5 Å². The van der Waals surface area contributed by atoms with Gasteiger partial charge in [-0.25, -0.2) is 18.1 Å². The number of hydrogen-bond donors (Lipinski definition) is 1. The fourth-order valence-corrected chi connectivity index (χ4v) is 6.03. The van der Waals surface area contributed by atoms with Gasteiger partial charge in [-0.2, -0.15) is 0 Å². The van der Waals surface area contributed by atoms with Gasteiger partial charge in [0.05, 0.1) is 30.5 Å². The van der Waals surface area contributed by atoms with Gasteiger partial charge in [-0.05, 0) is 67.1 Å². The Balaban J connectivity index is 1.64. The van der Waals surface area contributed by atoms with E-state index < -0.39 is 10.0 Å². The lowest BCUT2D eigenvalue weighted by Crippen LogP contribution is -2.26. The molecule has 0 atom stereocenters. The van der Waals surface area contributed by atoms with Crippen LogP contribution >= 0.6 is 11.8 Å². The summed E-state index contributed by atoms with van der Waals surface area (Å²) in [5.74, 6) is 2.11. The molecule has 1 heterocycles. The molecular weight excluding hydrogens is 506 g/mol. The van der Waals surface area contributed by atoms with Crippen LogP contribution in [-0.4, -0.2) is 44.5 Å². The van der Waals surface area contributed by atoms with Crippen LogP contribution in [0.25, 0.3) is 22.5 Å². The molecule has 0 unspecified atom stereocenters. The molecule has 194 valence electrons. The molecule has 9 heteroatoms. The van der Waals surface area contributed by atoms with Crippen molar-refractivity contribution in [2.45, 2.75) is 29.9 Å². The number of nitrogens with zero attached hydrogens (tertiary/aromatic N) is 2. The number of ether oxygens (including phenoxy) is 2. The van der Waals surface area contributed by atoms with Gasteiger partial charge in [-0.3, -0.25) is 0 Å². The SMILES string of the molecule is CCCn1c(SCCNS(=O)(=O)c2ccccc2)nc(-c2ccc(OC)cc2)c1-c1ccc(OC)cc1. The standard InChI is InChI=1S/C28H31N3O4S2/c1-4-19-31-27(22-12-16-24(35-3)17-13-22)26(21-10-14-23(34-2)15-11-21)30-28(31)36-20-18-29-37(32,33)25-8-6-5-7-9-25/h5-17,29H,4,18-20H2,1-3H3. The van der Waals surface area contributed by atoms with Gasteiger partial charge in [0.15, 0.2) is 5.16 Å². The molecule has 0 aliphatic rings. The zero-order valence-corrected chi connectivity index (χ0v) is 22.8. The average Bonchev–Trinajstić information content (AvgIpc) is 3.30. The number of imidazole rings is 1. The molecule has 4 aromatic rings. The van der Waals surface area contributed by atoms with Crippen molar-refractivity contribution in [3.05, 3.63) is 78.9 Å². The Morgan fingerprint density at radius 1 is 0.865 bits per heavy atom. The van der Waals surface area contributed by atoms with E-state index in [1.807, 2.05) is 48.5 Å². The van der Waals surface area contributed by atoms with Gasteiger partial charge in [0.25, 0.3) is 0 Å². The lowest BCUT2D eigenvalue weighted by atomic mass is 10.0. The van der Waals surface area contributed by atoms with Crippen molar-refractivity contribution in [1.29, 1.82) is 0 Å². The molecule has 0 fully saturated rings. The third-order valence-corrected chi connectivity index (χ3v) is 8.24. The number of aromatic nitrogens is 2. The summed E-state index contributed by atoms with van der Waals surface area (Å²) in [6, 6.07) is 24.2. The molecule has 3 aromatic carbocycles. The Bertz CT molecular complexity index is 1400. The van der Waals surface area contributed by atoms with Crippen LogP contribution in [0.3, 0.4) is 0 Å². The number of hydrogen-bond acceptors (Lipinski definition) is 6. The van der Waals surface area contributed by atoms with Gasteiger partial charge < -0.3 is 14.0 Å². The summed E-state index contributed by atoms with van der Waals surface area (Å²) >= 11 is 1.54. The summed E-state index contributed by atoms with van der Waals surface area (Å²) in [6.45, 7) is 3.20. The second kappa shape index (κ2) is 12.3. The first-order valence-corrected chi connectivity index (χ1v) is 14.5. The number of rotatable bonds is 12. The first-order valence-electron chi connectivity index (χ1n) is 12.0. The van der Waals surface area contributed by atoms with Crippen molar-refractivity contribution in [1.82, 2.24) is 14.3 Å². The Morgan fingerprint density at radius 3 is 2.03 bits per heavy atom. The second-order valence-corrected chi connectivity index (χ2v) is 11.1. The van der Waals surface area contributed by atoms with E-state index in [1.54, 1.807) is 44.6 Å². The Kier molecular flexibility index (Phi) is 8.91. The highest BCUT2D eigenvalue weighted by atomic mass is 32.2. The monoisotopic (exact) mass is 537 g/mol. The van der Waals surface area contributed by atoms with E-state index in [0.29, 0.717) is 5.75 Å². The van der Waals surface area contributed by atoms with Crippen molar-refractivity contribution in [2.24, 2.45) is 0 Å². The van der Waals surface area contributed by atoms with Gasteiger partial charge in [0.1, 0.15) is 11.5 Å². The Morgan fingerprint density at radius 2 is 1.46 bits per heavy atom. The van der Waals surface area contributed by atoms with Crippen LogP contribution in [0, 0.1) is 0 Å². The van der Waals surface area contributed by atoms with Crippen LogP contribution in [0.4, 0.5) is 0 Å². The quantitative estimate of drug-likeness (QED) is 0.184. The third-order valence-electron chi connectivity index (χ3n) is 5.79. The normalized spacial score (nSPS) is 11.4. The first-order chi connectivity index (χ1) is 18.0. The van der Waals surface area contributed by atoms with Crippen LogP contribution in [0.5, 0.6) is 11.5 Å². The Hall–Kier alpha value is -3.27. The maximum atomic E-state index is 12.6. The zero-order chi connectivity index (χ0) is 26.3. The molecule has 0 saturated heterocycles. The highest BCUT2D eigenvalue weighted by Gasteiger charge is 2.21. The van der Waals surface area contributed by atoms with Crippen molar-refractivity contribution >= 4 is 21.8 Å². The second-order valence-electron chi connectivity index (χ2n) is 8.26. The fraction of sp³-hybridized carbons (Fsp3) is 0.250. The fourth-order valence-electron chi connectivity index (χ4n) is 3.97. The molecular formula is C28H31N3O4S2. The van der Waals surface area contributed by atoms with Crippen LogP contribution in [-0.2, 0) is 16.6 Å². The van der Waals surface area contributed by atoms with Gasteiger partial charge in [0, 0.05) is 30.0 Å². The number of nitrogens with one attached hydrogen (secondary N) is 1. The molecule has 0 spiro atoms. The van der Waals surface area contributed by atoms with E-state index in [9.17, 15) is 8.42 Å². The van der Waals surface area contributed by atoms with Crippen LogP contribution in [0.2, 0.25) is 0 Å². The minimum atomic E-state index is -3.55. The minimum Gasteiger partial charge on any atom is -0.497 e. The summed E-state index contributed by atoms with van der Waals surface area (Å²) in [4.78, 5) is 5.30. The lowest BCUT2D eigenvalue weighted by molar-refractivity contribution is 0.414. The number of methoxy groups -OCH3 is 2. The third kappa shape index (κ3) is 6.36. The maximum Gasteiger partial charge on any atom is 0.240 e.